The van der Waals surface area contributed by atoms with Gasteiger partial charge in [0.05, 0.1) is 25.0 Å². The van der Waals surface area contributed by atoms with Gasteiger partial charge >= 0.3 is 0 Å². The normalized spacial score (nSPS) is 21.4. The highest BCUT2D eigenvalue weighted by Crippen LogP contribution is 2.12. The van der Waals surface area contributed by atoms with E-state index in [0.717, 1.165) is 29.8 Å². The van der Waals surface area contributed by atoms with Gasteiger partial charge in [0.25, 0.3) is 0 Å². The third-order valence-corrected chi connectivity index (χ3v) is 2.61. The molecule has 0 spiro atoms. The Labute approximate surface area is 91.6 Å². The average molecular weight is 258 g/mol. The van der Waals surface area contributed by atoms with E-state index in [9.17, 15) is 0 Å². The van der Waals surface area contributed by atoms with E-state index < -0.39 is 0 Å². The first kappa shape index (κ1) is 10.1. The fraction of sp³-hybridized carbons (Fsp3) is 0.500. The van der Waals surface area contributed by atoms with Gasteiger partial charge in [-0.25, -0.2) is 0 Å². The minimum absolute atomic E-state index is 0.250. The molecule has 1 aromatic heterocycles. The summed E-state index contributed by atoms with van der Waals surface area (Å²) in [6.07, 6.45) is 3.03. The fourth-order valence-electron chi connectivity index (χ4n) is 1.34. The lowest BCUT2D eigenvalue weighted by molar-refractivity contribution is 0.0301. The maximum Gasteiger partial charge on any atom is 0.0892 e. The molecule has 1 unspecified atom stereocenters. The van der Waals surface area contributed by atoms with Crippen molar-refractivity contribution in [1.29, 1.82) is 0 Å². The highest BCUT2D eigenvalue weighted by atomic mass is 79.9. The molecule has 4 heteroatoms. The molecule has 1 atom stereocenters. The molecule has 1 aliphatic heterocycles. The van der Waals surface area contributed by atoms with Crippen LogP contribution in [0.2, 0.25) is 0 Å². The molecule has 2 rings (SSSR count). The Bertz CT molecular complexity index is 283. The van der Waals surface area contributed by atoms with Gasteiger partial charge in [0.2, 0.25) is 0 Å². The smallest absolute Gasteiger partial charge is 0.0892 e. The minimum atomic E-state index is 0.250. The van der Waals surface area contributed by atoms with Gasteiger partial charge < -0.3 is 9.47 Å². The first-order valence-corrected chi connectivity index (χ1v) is 5.43. The van der Waals surface area contributed by atoms with Crippen LogP contribution in [0.25, 0.3) is 0 Å². The molecule has 1 fully saturated rings. The quantitative estimate of drug-likeness (QED) is 0.832. The number of ether oxygens (including phenoxy) is 2. The highest BCUT2D eigenvalue weighted by molar-refractivity contribution is 9.10. The van der Waals surface area contributed by atoms with E-state index in [1.54, 1.807) is 6.20 Å². The summed E-state index contributed by atoms with van der Waals surface area (Å²) < 4.78 is 11.8. The van der Waals surface area contributed by atoms with Crippen molar-refractivity contribution in [2.24, 2.45) is 0 Å². The molecule has 0 saturated carbocycles. The first-order valence-electron chi connectivity index (χ1n) is 4.64. The van der Waals surface area contributed by atoms with Gasteiger partial charge in [0, 0.05) is 17.3 Å². The molecule has 3 nitrogen and oxygen atoms in total. The van der Waals surface area contributed by atoms with Crippen molar-refractivity contribution in [1.82, 2.24) is 4.98 Å². The summed E-state index contributed by atoms with van der Waals surface area (Å²) in [5.74, 6) is 0. The zero-order chi connectivity index (χ0) is 9.80. The summed E-state index contributed by atoms with van der Waals surface area (Å²) in [5, 5.41) is 0. The second-order valence-corrected chi connectivity index (χ2v) is 4.18. The summed E-state index contributed by atoms with van der Waals surface area (Å²) in [7, 11) is 0. The monoisotopic (exact) mass is 257 g/mol. The Kier molecular flexibility index (Phi) is 3.50. The molecule has 1 saturated heterocycles. The predicted molar refractivity (Wildman–Crippen MR) is 56.0 cm³/mol. The number of aromatic nitrogens is 1. The standard InChI is InChI=1S/C10H12BrNO2/c11-8-1-2-9(12-5-8)6-14-10-3-4-13-7-10/h1-2,5,10H,3-4,6-7H2. The molecule has 0 radical (unpaired) electrons. The second kappa shape index (κ2) is 4.87. The van der Waals surface area contributed by atoms with E-state index in [4.69, 9.17) is 9.47 Å². The van der Waals surface area contributed by atoms with Crippen LogP contribution in [0.1, 0.15) is 12.1 Å². The van der Waals surface area contributed by atoms with Crippen LogP contribution in [-0.2, 0) is 16.1 Å². The van der Waals surface area contributed by atoms with Gasteiger partial charge in [0.15, 0.2) is 0 Å². The van der Waals surface area contributed by atoms with Crippen LogP contribution in [0.4, 0.5) is 0 Å². The maximum absolute atomic E-state index is 5.63. The summed E-state index contributed by atoms with van der Waals surface area (Å²) in [6.45, 7) is 2.11. The molecule has 1 aromatic rings. The third-order valence-electron chi connectivity index (χ3n) is 2.14. The molecule has 1 aliphatic rings. The van der Waals surface area contributed by atoms with Gasteiger partial charge in [-0.05, 0) is 34.5 Å². The number of halogens is 1. The van der Waals surface area contributed by atoms with Crippen LogP contribution < -0.4 is 0 Å². The Morgan fingerprint density at radius 2 is 2.50 bits per heavy atom. The zero-order valence-electron chi connectivity index (χ0n) is 7.78. The SMILES string of the molecule is Brc1ccc(COC2CCOC2)nc1. The van der Waals surface area contributed by atoms with Crippen molar-refractivity contribution >= 4 is 15.9 Å². The molecule has 76 valence electrons. The molecule has 0 aromatic carbocycles. The van der Waals surface area contributed by atoms with Gasteiger partial charge in [0.1, 0.15) is 0 Å². The van der Waals surface area contributed by atoms with Crippen molar-refractivity contribution in [3.63, 3.8) is 0 Å². The second-order valence-electron chi connectivity index (χ2n) is 3.26. The van der Waals surface area contributed by atoms with E-state index in [2.05, 4.69) is 20.9 Å². The Balaban J connectivity index is 1.82. The predicted octanol–water partition coefficient (Wildman–Crippen LogP) is 2.15. The third kappa shape index (κ3) is 2.77. The number of hydrogen-bond donors (Lipinski definition) is 0. The molecular weight excluding hydrogens is 246 g/mol. The van der Waals surface area contributed by atoms with Gasteiger partial charge in [-0.1, -0.05) is 0 Å². The lowest BCUT2D eigenvalue weighted by Gasteiger charge is -2.08. The Morgan fingerprint density at radius 1 is 1.57 bits per heavy atom. The van der Waals surface area contributed by atoms with Crippen LogP contribution >= 0.6 is 15.9 Å². The lowest BCUT2D eigenvalue weighted by Crippen LogP contribution is -2.12. The summed E-state index contributed by atoms with van der Waals surface area (Å²) in [6, 6.07) is 3.93. The maximum atomic E-state index is 5.63. The van der Waals surface area contributed by atoms with Crippen LogP contribution in [0, 0.1) is 0 Å². The van der Waals surface area contributed by atoms with Crippen molar-refractivity contribution in [3.8, 4) is 0 Å². The summed E-state index contributed by atoms with van der Waals surface area (Å²) in [5.41, 5.74) is 0.958. The van der Waals surface area contributed by atoms with E-state index in [0.29, 0.717) is 6.61 Å². The summed E-state index contributed by atoms with van der Waals surface area (Å²) in [4.78, 5) is 4.23. The van der Waals surface area contributed by atoms with Crippen molar-refractivity contribution in [3.05, 3.63) is 28.5 Å². The highest BCUT2D eigenvalue weighted by Gasteiger charge is 2.15. The topological polar surface area (TPSA) is 31.4 Å². The number of rotatable bonds is 3. The van der Waals surface area contributed by atoms with Crippen LogP contribution in [-0.4, -0.2) is 24.3 Å². The lowest BCUT2D eigenvalue weighted by atomic mass is 10.3. The molecule has 0 bridgehead atoms. The van der Waals surface area contributed by atoms with Gasteiger partial charge in [-0.3, -0.25) is 4.98 Å². The number of nitrogens with zero attached hydrogens (tertiary/aromatic N) is 1. The van der Waals surface area contributed by atoms with Crippen molar-refractivity contribution in [2.45, 2.75) is 19.1 Å². The first-order chi connectivity index (χ1) is 6.84. The molecule has 2 heterocycles. The van der Waals surface area contributed by atoms with E-state index in [1.807, 2.05) is 12.1 Å². The van der Waals surface area contributed by atoms with Gasteiger partial charge in [-0.2, -0.15) is 0 Å². The molecule has 14 heavy (non-hydrogen) atoms. The fourth-order valence-corrected chi connectivity index (χ4v) is 1.57. The minimum Gasteiger partial charge on any atom is -0.379 e. The van der Waals surface area contributed by atoms with Crippen molar-refractivity contribution in [2.75, 3.05) is 13.2 Å². The molecule has 0 aliphatic carbocycles. The number of pyridine rings is 1. The average Bonchev–Trinajstić information content (AvgIpc) is 2.70. The molecule has 0 N–H and O–H groups in total. The van der Waals surface area contributed by atoms with Gasteiger partial charge in [-0.15, -0.1) is 0 Å². The Hall–Kier alpha value is -0.450. The van der Waals surface area contributed by atoms with Crippen LogP contribution in [0.3, 0.4) is 0 Å². The molecule has 0 amide bonds. The van der Waals surface area contributed by atoms with E-state index in [-0.39, 0.29) is 6.10 Å². The zero-order valence-corrected chi connectivity index (χ0v) is 9.37. The van der Waals surface area contributed by atoms with Crippen LogP contribution in [0.15, 0.2) is 22.8 Å². The molecular formula is C10H12BrNO2. The summed E-state index contributed by atoms with van der Waals surface area (Å²) >= 11 is 3.34. The Morgan fingerprint density at radius 3 is 3.14 bits per heavy atom. The van der Waals surface area contributed by atoms with E-state index in [1.165, 1.54) is 0 Å². The largest absolute Gasteiger partial charge is 0.379 e. The van der Waals surface area contributed by atoms with E-state index >= 15 is 0 Å². The van der Waals surface area contributed by atoms with Crippen LogP contribution in [0.5, 0.6) is 0 Å². The number of hydrogen-bond acceptors (Lipinski definition) is 3. The van der Waals surface area contributed by atoms with Crippen molar-refractivity contribution < 1.29 is 9.47 Å².